The second-order valence-electron chi connectivity index (χ2n) is 5.23. The zero-order chi connectivity index (χ0) is 16.8. The lowest BCUT2D eigenvalue weighted by molar-refractivity contribution is -0.107. The topological polar surface area (TPSA) is 68.3 Å². The van der Waals surface area contributed by atoms with Gasteiger partial charge >= 0.3 is 0 Å². The number of carbonyl (C=O) groups excluding carboxylic acids is 2. The second kappa shape index (κ2) is 7.37. The van der Waals surface area contributed by atoms with Crippen LogP contribution in [0.5, 0.6) is 5.75 Å². The molecule has 0 fully saturated rings. The van der Waals surface area contributed by atoms with E-state index in [1.807, 2.05) is 48.5 Å². The number of aldehydes is 1. The number of carbonyl (C=O) groups is 2. The summed E-state index contributed by atoms with van der Waals surface area (Å²) in [6.07, 6.45) is 1.66. The van der Waals surface area contributed by atoms with E-state index in [1.165, 1.54) is 0 Å². The Morgan fingerprint density at radius 2 is 1.79 bits per heavy atom. The molecule has 0 spiro atoms. The number of amides is 1. The number of aromatic nitrogens is 1. The lowest BCUT2D eigenvalue weighted by Crippen LogP contribution is -2.02. The number of fused-ring (bicyclic) bond motifs is 1. The number of benzene rings is 2. The van der Waals surface area contributed by atoms with E-state index in [4.69, 9.17) is 4.74 Å². The molecule has 0 saturated carbocycles. The van der Waals surface area contributed by atoms with Gasteiger partial charge in [0.25, 0.3) is 0 Å². The summed E-state index contributed by atoms with van der Waals surface area (Å²) in [4.78, 5) is 26.1. The average Bonchev–Trinajstić information content (AvgIpc) is 2.62. The van der Waals surface area contributed by atoms with Crippen LogP contribution >= 0.6 is 0 Å². The molecular formula is C19H16N2O3. The molecule has 2 aromatic carbocycles. The largest absolute Gasteiger partial charge is 0.486 e. The van der Waals surface area contributed by atoms with Crippen molar-refractivity contribution in [1.29, 1.82) is 0 Å². The van der Waals surface area contributed by atoms with E-state index in [1.54, 1.807) is 6.07 Å². The molecule has 0 bridgehead atoms. The van der Waals surface area contributed by atoms with Crippen molar-refractivity contribution >= 4 is 29.4 Å². The Morgan fingerprint density at radius 1 is 1.00 bits per heavy atom. The van der Waals surface area contributed by atoms with Gasteiger partial charge in [-0.1, -0.05) is 42.5 Å². The van der Waals surface area contributed by atoms with Crippen LogP contribution in [0.1, 0.15) is 11.1 Å². The monoisotopic (exact) mass is 320 g/mol. The molecule has 1 amide bonds. The third kappa shape index (κ3) is 3.41. The van der Waals surface area contributed by atoms with Crippen molar-refractivity contribution in [3.05, 3.63) is 65.7 Å². The summed E-state index contributed by atoms with van der Waals surface area (Å²) in [6.45, 7) is 0.374. The van der Waals surface area contributed by atoms with Crippen molar-refractivity contribution in [2.24, 2.45) is 0 Å². The van der Waals surface area contributed by atoms with Crippen molar-refractivity contribution in [2.75, 3.05) is 5.32 Å². The highest BCUT2D eigenvalue weighted by Crippen LogP contribution is 2.30. The minimum absolute atomic E-state index is 0.243. The van der Waals surface area contributed by atoms with Crippen molar-refractivity contribution in [3.8, 4) is 5.75 Å². The molecule has 3 aromatic rings. The number of ether oxygens (including phenoxy) is 1. The molecule has 1 N–H and O–H groups in total. The first kappa shape index (κ1) is 15.7. The highest BCUT2D eigenvalue weighted by Gasteiger charge is 2.11. The molecule has 1 aromatic heterocycles. The number of nitrogens with one attached hydrogen (secondary N) is 1. The number of hydrogen-bond acceptors (Lipinski definition) is 4. The van der Waals surface area contributed by atoms with E-state index < -0.39 is 0 Å². The number of rotatable bonds is 7. The van der Waals surface area contributed by atoms with Gasteiger partial charge < -0.3 is 14.8 Å². The first-order valence-corrected chi connectivity index (χ1v) is 7.55. The molecule has 0 aliphatic heterocycles. The van der Waals surface area contributed by atoms with Crippen molar-refractivity contribution in [1.82, 2.24) is 4.98 Å². The van der Waals surface area contributed by atoms with Gasteiger partial charge in [0.05, 0.1) is 0 Å². The van der Waals surface area contributed by atoms with Crippen LogP contribution in [0.4, 0.5) is 5.82 Å². The van der Waals surface area contributed by atoms with Gasteiger partial charge in [-0.05, 0) is 17.7 Å². The molecule has 0 atom stereocenters. The Morgan fingerprint density at radius 3 is 2.54 bits per heavy atom. The average molecular weight is 320 g/mol. The number of nitrogens with zero attached hydrogens (tertiary/aromatic N) is 1. The van der Waals surface area contributed by atoms with Crippen molar-refractivity contribution < 1.29 is 14.3 Å². The zero-order valence-electron chi connectivity index (χ0n) is 12.9. The van der Waals surface area contributed by atoms with Gasteiger partial charge in [0.1, 0.15) is 30.0 Å². The standard InChI is InChI=1S/C19H16N2O3/c22-11-10-16-7-6-15-8-9-17(20-13-23)21-18(15)19(16)24-12-14-4-2-1-3-5-14/h1-9,11,13H,10,12H2,(H,20,21,23). The number of anilines is 1. The van der Waals surface area contributed by atoms with Crippen LogP contribution in [0.3, 0.4) is 0 Å². The Labute approximate surface area is 139 Å². The molecule has 1 heterocycles. The number of hydrogen-bond donors (Lipinski definition) is 1. The molecule has 0 unspecified atom stereocenters. The molecule has 120 valence electrons. The summed E-state index contributed by atoms with van der Waals surface area (Å²) in [6, 6.07) is 17.1. The van der Waals surface area contributed by atoms with E-state index >= 15 is 0 Å². The summed E-state index contributed by atoms with van der Waals surface area (Å²) in [5.41, 5.74) is 2.41. The number of pyridine rings is 1. The van der Waals surface area contributed by atoms with Gasteiger partial charge in [-0.25, -0.2) is 4.98 Å². The predicted molar refractivity (Wildman–Crippen MR) is 92.0 cm³/mol. The minimum atomic E-state index is 0.243. The zero-order valence-corrected chi connectivity index (χ0v) is 12.9. The molecule has 0 aliphatic carbocycles. The van der Waals surface area contributed by atoms with Crippen molar-refractivity contribution in [2.45, 2.75) is 13.0 Å². The van der Waals surface area contributed by atoms with Crippen LogP contribution in [0, 0.1) is 0 Å². The summed E-state index contributed by atoms with van der Waals surface area (Å²) < 4.78 is 5.98. The lowest BCUT2D eigenvalue weighted by Gasteiger charge is -2.13. The fourth-order valence-electron chi connectivity index (χ4n) is 2.49. The first-order valence-electron chi connectivity index (χ1n) is 7.55. The highest BCUT2D eigenvalue weighted by atomic mass is 16.5. The normalized spacial score (nSPS) is 10.3. The molecule has 24 heavy (non-hydrogen) atoms. The molecule has 3 rings (SSSR count). The highest BCUT2D eigenvalue weighted by molar-refractivity contribution is 5.89. The summed E-state index contributed by atoms with van der Waals surface area (Å²) in [7, 11) is 0. The van der Waals surface area contributed by atoms with E-state index in [0.717, 1.165) is 22.8 Å². The molecular weight excluding hydrogens is 304 g/mol. The smallest absolute Gasteiger partial charge is 0.212 e. The van der Waals surface area contributed by atoms with Gasteiger partial charge in [-0.2, -0.15) is 0 Å². The van der Waals surface area contributed by atoms with Gasteiger partial charge in [0.15, 0.2) is 0 Å². The van der Waals surface area contributed by atoms with Crippen LogP contribution < -0.4 is 10.1 Å². The Hall–Kier alpha value is -3.21. The Kier molecular flexibility index (Phi) is 4.81. The molecule has 5 nitrogen and oxygen atoms in total. The SMILES string of the molecule is O=CCc1ccc2ccc(NC=O)nc2c1OCc1ccccc1. The van der Waals surface area contributed by atoms with Gasteiger partial charge in [0, 0.05) is 17.4 Å². The maximum Gasteiger partial charge on any atom is 0.212 e. The molecule has 0 radical (unpaired) electrons. The van der Waals surface area contributed by atoms with Gasteiger partial charge in [-0.3, -0.25) is 4.79 Å². The van der Waals surface area contributed by atoms with E-state index in [-0.39, 0.29) is 6.42 Å². The summed E-state index contributed by atoms with van der Waals surface area (Å²) in [5.74, 6) is 1.00. The minimum Gasteiger partial charge on any atom is -0.486 e. The molecule has 0 saturated heterocycles. The maximum atomic E-state index is 11.0. The summed E-state index contributed by atoms with van der Waals surface area (Å²) >= 11 is 0. The molecule has 0 aliphatic rings. The summed E-state index contributed by atoms with van der Waals surface area (Å²) in [5, 5.41) is 3.41. The molecule has 5 heteroatoms. The van der Waals surface area contributed by atoms with Gasteiger partial charge in [-0.15, -0.1) is 0 Å². The van der Waals surface area contributed by atoms with Gasteiger partial charge in [0.2, 0.25) is 6.41 Å². The fraction of sp³-hybridized carbons (Fsp3) is 0.105. The second-order valence-corrected chi connectivity index (χ2v) is 5.23. The maximum absolute atomic E-state index is 11.0. The van der Waals surface area contributed by atoms with Crippen LogP contribution in [0.25, 0.3) is 10.9 Å². The quantitative estimate of drug-likeness (QED) is 0.679. The van der Waals surface area contributed by atoms with E-state index in [0.29, 0.717) is 30.1 Å². The lowest BCUT2D eigenvalue weighted by atomic mass is 10.1. The van der Waals surface area contributed by atoms with Crippen molar-refractivity contribution in [3.63, 3.8) is 0 Å². The fourth-order valence-corrected chi connectivity index (χ4v) is 2.49. The van der Waals surface area contributed by atoms with Crippen LogP contribution in [-0.4, -0.2) is 17.7 Å². The first-order chi connectivity index (χ1) is 11.8. The van der Waals surface area contributed by atoms with E-state index in [2.05, 4.69) is 10.3 Å². The van der Waals surface area contributed by atoms with Crippen LogP contribution in [0.2, 0.25) is 0 Å². The van der Waals surface area contributed by atoms with Crippen LogP contribution in [0.15, 0.2) is 54.6 Å². The predicted octanol–water partition coefficient (Wildman–Crippen LogP) is 3.12. The third-order valence-corrected chi connectivity index (χ3v) is 3.63. The van der Waals surface area contributed by atoms with Crippen LogP contribution in [-0.2, 0) is 22.6 Å². The van der Waals surface area contributed by atoms with E-state index in [9.17, 15) is 9.59 Å². The third-order valence-electron chi connectivity index (χ3n) is 3.63. The Balaban J connectivity index is 2.02. The Bertz CT molecular complexity index is 858.